The lowest BCUT2D eigenvalue weighted by molar-refractivity contribution is -0.138. The highest BCUT2D eigenvalue weighted by molar-refractivity contribution is 6.30. The van der Waals surface area contributed by atoms with E-state index < -0.39 is 11.9 Å². The van der Waals surface area contributed by atoms with E-state index >= 15 is 0 Å². The average molecular weight is 307 g/mol. The smallest absolute Gasteiger partial charge is 0.312 e. The highest BCUT2D eigenvalue weighted by Gasteiger charge is 2.22. The molecule has 1 unspecified atom stereocenters. The first-order valence-electron chi connectivity index (χ1n) is 6.52. The van der Waals surface area contributed by atoms with Gasteiger partial charge in [-0.15, -0.1) is 0 Å². The van der Waals surface area contributed by atoms with Gasteiger partial charge in [-0.2, -0.15) is 0 Å². The molecule has 0 saturated heterocycles. The van der Waals surface area contributed by atoms with Gasteiger partial charge in [-0.3, -0.25) is 4.79 Å². The van der Waals surface area contributed by atoms with Crippen molar-refractivity contribution in [3.05, 3.63) is 52.9 Å². The number of rotatable bonds is 6. The summed E-state index contributed by atoms with van der Waals surface area (Å²) in [6.07, 6.45) is 1.62. The van der Waals surface area contributed by atoms with Gasteiger partial charge in [-0.25, -0.2) is 9.97 Å². The molecule has 1 aromatic heterocycles. The number of aromatic nitrogens is 2. The molecule has 0 aliphatic heterocycles. The van der Waals surface area contributed by atoms with Crippen molar-refractivity contribution in [3.63, 3.8) is 0 Å². The molecule has 0 aliphatic rings. The number of benzene rings is 1. The van der Waals surface area contributed by atoms with E-state index in [2.05, 4.69) is 9.97 Å². The van der Waals surface area contributed by atoms with Gasteiger partial charge < -0.3 is 9.84 Å². The van der Waals surface area contributed by atoms with E-state index in [1.54, 1.807) is 24.3 Å². The van der Waals surface area contributed by atoms with Gasteiger partial charge in [0.15, 0.2) is 0 Å². The third kappa shape index (κ3) is 4.16. The Morgan fingerprint density at radius 1 is 1.38 bits per heavy atom. The van der Waals surface area contributed by atoms with E-state index in [9.17, 15) is 9.90 Å². The summed E-state index contributed by atoms with van der Waals surface area (Å²) in [5, 5.41) is 10.0. The van der Waals surface area contributed by atoms with E-state index in [-0.39, 0.29) is 0 Å². The zero-order valence-corrected chi connectivity index (χ0v) is 12.2. The lowest BCUT2D eigenvalue weighted by Gasteiger charge is -2.13. The molecular weight excluding hydrogens is 292 g/mol. The van der Waals surface area contributed by atoms with E-state index in [0.29, 0.717) is 29.6 Å². The third-order valence-corrected chi connectivity index (χ3v) is 3.17. The summed E-state index contributed by atoms with van der Waals surface area (Å²) in [5.74, 6) is -1.35. The highest BCUT2D eigenvalue weighted by Crippen LogP contribution is 2.23. The van der Waals surface area contributed by atoms with E-state index in [1.165, 1.54) is 6.33 Å². The second-order valence-electron chi connectivity index (χ2n) is 4.44. The van der Waals surface area contributed by atoms with Crippen LogP contribution in [0.15, 0.2) is 36.7 Å². The summed E-state index contributed by atoms with van der Waals surface area (Å²) >= 11 is 5.93. The molecular formula is C15H15ClN2O3. The van der Waals surface area contributed by atoms with E-state index in [1.807, 2.05) is 13.0 Å². The molecule has 0 fully saturated rings. The first-order chi connectivity index (χ1) is 10.1. The molecule has 0 saturated carbocycles. The molecule has 110 valence electrons. The summed E-state index contributed by atoms with van der Waals surface area (Å²) in [7, 11) is 0. The molecule has 0 bridgehead atoms. The Bertz CT molecular complexity index is 634. The Labute approximate surface area is 127 Å². The van der Waals surface area contributed by atoms with Crippen LogP contribution in [-0.2, 0) is 11.2 Å². The van der Waals surface area contributed by atoms with Crippen LogP contribution in [0.3, 0.4) is 0 Å². The molecule has 0 amide bonds. The molecule has 1 atom stereocenters. The maximum atomic E-state index is 11.5. The number of halogens is 1. The molecule has 1 heterocycles. The molecule has 2 rings (SSSR count). The fourth-order valence-electron chi connectivity index (χ4n) is 1.99. The number of ether oxygens (including phenoxy) is 1. The topological polar surface area (TPSA) is 72.3 Å². The van der Waals surface area contributed by atoms with Crippen LogP contribution in [0, 0.1) is 0 Å². The second kappa shape index (κ2) is 7.04. The Morgan fingerprint density at radius 2 is 2.19 bits per heavy atom. The quantitative estimate of drug-likeness (QED) is 0.888. The number of carboxylic acid groups (broad SMARTS) is 1. The van der Waals surface area contributed by atoms with Crippen molar-refractivity contribution in [1.82, 2.24) is 9.97 Å². The van der Waals surface area contributed by atoms with Gasteiger partial charge in [0.25, 0.3) is 0 Å². The summed E-state index contributed by atoms with van der Waals surface area (Å²) in [4.78, 5) is 19.5. The first-order valence-corrected chi connectivity index (χ1v) is 6.90. The van der Waals surface area contributed by atoms with Crippen LogP contribution in [0.25, 0.3) is 0 Å². The highest BCUT2D eigenvalue weighted by atomic mass is 35.5. The lowest BCUT2D eigenvalue weighted by Crippen LogP contribution is -2.16. The first kappa shape index (κ1) is 15.3. The number of hydrogen-bond donors (Lipinski definition) is 1. The zero-order chi connectivity index (χ0) is 15.2. The van der Waals surface area contributed by atoms with Gasteiger partial charge in [-0.1, -0.05) is 23.7 Å². The van der Waals surface area contributed by atoms with Gasteiger partial charge >= 0.3 is 5.97 Å². The largest absolute Gasteiger partial charge is 0.481 e. The summed E-state index contributed by atoms with van der Waals surface area (Å²) in [6.45, 7) is 2.30. The Morgan fingerprint density at radius 3 is 2.86 bits per heavy atom. The van der Waals surface area contributed by atoms with E-state index in [0.717, 1.165) is 5.56 Å². The lowest BCUT2D eigenvalue weighted by atomic mass is 9.96. The molecule has 0 spiro atoms. The number of carbonyl (C=O) groups is 1. The third-order valence-electron chi connectivity index (χ3n) is 2.94. The second-order valence-corrected chi connectivity index (χ2v) is 4.88. The summed E-state index contributed by atoms with van der Waals surface area (Å²) in [5.41, 5.74) is 1.26. The molecule has 6 heteroatoms. The van der Waals surface area contributed by atoms with Crippen molar-refractivity contribution in [2.45, 2.75) is 19.3 Å². The maximum absolute atomic E-state index is 11.5. The normalized spacial score (nSPS) is 11.9. The van der Waals surface area contributed by atoms with Crippen molar-refractivity contribution in [3.8, 4) is 5.88 Å². The number of aliphatic carboxylic acids is 1. The number of nitrogens with zero attached hydrogens (tertiary/aromatic N) is 2. The van der Waals surface area contributed by atoms with Gasteiger partial charge in [0.1, 0.15) is 12.2 Å². The van der Waals surface area contributed by atoms with Crippen molar-refractivity contribution < 1.29 is 14.6 Å². The maximum Gasteiger partial charge on any atom is 0.312 e. The molecule has 5 nitrogen and oxygen atoms in total. The van der Waals surface area contributed by atoms with Crippen molar-refractivity contribution in [2.24, 2.45) is 0 Å². The van der Waals surface area contributed by atoms with Crippen LogP contribution in [0.2, 0.25) is 5.02 Å². The van der Waals surface area contributed by atoms with Crippen molar-refractivity contribution in [1.29, 1.82) is 0 Å². The zero-order valence-electron chi connectivity index (χ0n) is 11.5. The van der Waals surface area contributed by atoms with Gasteiger partial charge in [0, 0.05) is 11.1 Å². The molecule has 1 N–H and O–H groups in total. The van der Waals surface area contributed by atoms with Crippen LogP contribution >= 0.6 is 11.6 Å². The SMILES string of the molecule is CCOc1cc(C(Cc2cccc(Cl)c2)C(=O)O)ncn1. The van der Waals surface area contributed by atoms with Gasteiger partial charge in [0.2, 0.25) is 5.88 Å². The predicted molar refractivity (Wildman–Crippen MR) is 78.7 cm³/mol. The van der Waals surface area contributed by atoms with Crippen LogP contribution in [-0.4, -0.2) is 27.7 Å². The van der Waals surface area contributed by atoms with Crippen molar-refractivity contribution >= 4 is 17.6 Å². The fourth-order valence-corrected chi connectivity index (χ4v) is 2.20. The van der Waals surface area contributed by atoms with Gasteiger partial charge in [0.05, 0.1) is 12.3 Å². The summed E-state index contributed by atoms with van der Waals surface area (Å²) < 4.78 is 5.28. The molecule has 21 heavy (non-hydrogen) atoms. The fraction of sp³-hybridized carbons (Fsp3) is 0.267. The van der Waals surface area contributed by atoms with Crippen LogP contribution in [0.5, 0.6) is 5.88 Å². The average Bonchev–Trinajstić information content (AvgIpc) is 2.45. The van der Waals surface area contributed by atoms with Crippen LogP contribution in [0.4, 0.5) is 0 Å². The minimum Gasteiger partial charge on any atom is -0.481 e. The minimum atomic E-state index is -0.948. The predicted octanol–water partition coefficient (Wildman–Crippen LogP) is 2.94. The van der Waals surface area contributed by atoms with E-state index in [4.69, 9.17) is 16.3 Å². The standard InChI is InChI=1S/C15H15ClN2O3/c1-2-21-14-8-13(17-9-18-14)12(15(19)20)7-10-4-3-5-11(16)6-10/h3-6,8-9,12H,2,7H2,1H3,(H,19,20). The summed E-state index contributed by atoms with van der Waals surface area (Å²) in [6, 6.07) is 8.70. The number of carboxylic acids is 1. The van der Waals surface area contributed by atoms with Crippen LogP contribution in [0.1, 0.15) is 24.1 Å². The molecule has 2 aromatic rings. The van der Waals surface area contributed by atoms with Crippen molar-refractivity contribution in [2.75, 3.05) is 6.61 Å². The molecule has 1 aromatic carbocycles. The Hall–Kier alpha value is -2.14. The Balaban J connectivity index is 2.26. The van der Waals surface area contributed by atoms with Gasteiger partial charge in [-0.05, 0) is 31.0 Å². The van der Waals surface area contributed by atoms with Crippen LogP contribution < -0.4 is 4.74 Å². The monoisotopic (exact) mass is 306 g/mol. The molecule has 0 radical (unpaired) electrons. The minimum absolute atomic E-state index is 0.304. The number of hydrogen-bond acceptors (Lipinski definition) is 4. The molecule has 0 aliphatic carbocycles. The Kier molecular flexibility index (Phi) is 5.11.